The molecule has 0 aromatic heterocycles. The average molecular weight is 330 g/mol. The summed E-state index contributed by atoms with van der Waals surface area (Å²) in [5, 5.41) is 20.6. The molecule has 0 spiro atoms. The number of hydrogen-bond acceptors (Lipinski definition) is 3. The largest absolute Gasteiger partial charge is 0.396 e. The first-order chi connectivity index (χ1) is 11.4. The van der Waals surface area contributed by atoms with Gasteiger partial charge in [0.2, 0.25) is 0 Å². The first kappa shape index (κ1) is 16.5. The molecule has 24 heavy (non-hydrogen) atoms. The van der Waals surface area contributed by atoms with Crippen LogP contribution < -0.4 is 0 Å². The lowest BCUT2D eigenvalue weighted by Gasteiger charge is -2.59. The Morgan fingerprint density at radius 2 is 2.04 bits per heavy atom. The van der Waals surface area contributed by atoms with Gasteiger partial charge in [-0.05, 0) is 73.8 Å². The fraction of sp³-hybridized carbons (Fsp3) is 0.762. The molecule has 7 atom stereocenters. The molecule has 0 aliphatic heterocycles. The van der Waals surface area contributed by atoms with Crippen molar-refractivity contribution in [2.75, 3.05) is 6.61 Å². The minimum atomic E-state index is -0.318. The van der Waals surface area contributed by atoms with Gasteiger partial charge in [0.05, 0.1) is 6.10 Å². The van der Waals surface area contributed by atoms with Crippen molar-refractivity contribution in [1.82, 2.24) is 0 Å². The molecule has 3 nitrogen and oxygen atoms in total. The summed E-state index contributed by atoms with van der Waals surface area (Å²) in [4.78, 5) is 11.8. The lowest BCUT2D eigenvalue weighted by molar-refractivity contribution is -0.119. The molecule has 132 valence electrons. The summed E-state index contributed by atoms with van der Waals surface area (Å²) >= 11 is 0. The van der Waals surface area contributed by atoms with Gasteiger partial charge < -0.3 is 10.2 Å². The van der Waals surface area contributed by atoms with Crippen LogP contribution in [0.25, 0.3) is 0 Å². The molecule has 0 aromatic rings. The molecule has 3 fully saturated rings. The van der Waals surface area contributed by atoms with E-state index in [9.17, 15) is 15.0 Å². The van der Waals surface area contributed by atoms with Gasteiger partial charge in [-0.25, -0.2) is 0 Å². The molecule has 3 heteroatoms. The number of hydrogen-bond donors (Lipinski definition) is 2. The van der Waals surface area contributed by atoms with Gasteiger partial charge >= 0.3 is 0 Å². The van der Waals surface area contributed by atoms with Crippen LogP contribution in [0.15, 0.2) is 23.8 Å². The van der Waals surface area contributed by atoms with Crippen molar-refractivity contribution in [3.8, 4) is 0 Å². The van der Waals surface area contributed by atoms with Crippen molar-refractivity contribution in [2.45, 2.75) is 58.5 Å². The van der Waals surface area contributed by atoms with Crippen LogP contribution in [-0.4, -0.2) is 28.7 Å². The molecule has 4 aliphatic rings. The van der Waals surface area contributed by atoms with Crippen molar-refractivity contribution in [1.29, 1.82) is 0 Å². The molecular weight excluding hydrogens is 300 g/mol. The van der Waals surface area contributed by atoms with E-state index >= 15 is 0 Å². The highest BCUT2D eigenvalue weighted by Crippen LogP contribution is 2.66. The second-order valence-electron chi connectivity index (χ2n) is 9.09. The Hall–Kier alpha value is -0.930. The van der Waals surface area contributed by atoms with Crippen LogP contribution in [0.5, 0.6) is 0 Å². The van der Waals surface area contributed by atoms with E-state index in [-0.39, 0.29) is 35.2 Å². The predicted molar refractivity (Wildman–Crippen MR) is 93.2 cm³/mol. The Bertz CT molecular complexity index is 606. The summed E-state index contributed by atoms with van der Waals surface area (Å²) in [5.41, 5.74) is 1.23. The third kappa shape index (κ3) is 2.13. The first-order valence-corrected chi connectivity index (χ1v) is 9.63. The SMILES string of the molecule is C[C@]12C=CC(=O)C=C1CC[C@@H]1C2[C@@H](O)C[C@@]2(C)C1CC[C@@H]2CCO. The van der Waals surface area contributed by atoms with Gasteiger partial charge in [-0.15, -0.1) is 0 Å². The number of aliphatic hydroxyl groups excluding tert-OH is 2. The van der Waals surface area contributed by atoms with E-state index < -0.39 is 0 Å². The van der Waals surface area contributed by atoms with Crippen molar-refractivity contribution in [3.63, 3.8) is 0 Å². The van der Waals surface area contributed by atoms with Crippen LogP contribution in [0.3, 0.4) is 0 Å². The van der Waals surface area contributed by atoms with Crippen molar-refractivity contribution in [3.05, 3.63) is 23.8 Å². The zero-order chi connectivity index (χ0) is 17.1. The van der Waals surface area contributed by atoms with E-state index in [2.05, 4.69) is 19.9 Å². The lowest BCUT2D eigenvalue weighted by atomic mass is 9.47. The summed E-state index contributed by atoms with van der Waals surface area (Å²) < 4.78 is 0. The zero-order valence-corrected chi connectivity index (χ0v) is 14.9. The third-order valence-electron chi connectivity index (χ3n) is 8.17. The molecule has 0 saturated heterocycles. The number of aliphatic hydroxyl groups is 2. The van der Waals surface area contributed by atoms with Gasteiger partial charge in [-0.3, -0.25) is 4.79 Å². The van der Waals surface area contributed by atoms with E-state index in [1.807, 2.05) is 6.08 Å². The highest BCUT2D eigenvalue weighted by molar-refractivity contribution is 6.01. The molecule has 0 bridgehead atoms. The number of carbonyl (C=O) groups excluding carboxylic acids is 1. The Morgan fingerprint density at radius 3 is 2.79 bits per heavy atom. The van der Waals surface area contributed by atoms with E-state index in [1.165, 1.54) is 18.4 Å². The summed E-state index contributed by atoms with van der Waals surface area (Å²) in [6.07, 6.45) is 11.5. The van der Waals surface area contributed by atoms with Crippen LogP contribution in [0.1, 0.15) is 52.4 Å². The van der Waals surface area contributed by atoms with E-state index in [0.29, 0.717) is 17.8 Å². The molecule has 4 aliphatic carbocycles. The minimum absolute atomic E-state index is 0.0972. The van der Waals surface area contributed by atoms with Crippen LogP contribution >= 0.6 is 0 Å². The molecular formula is C21H30O3. The molecule has 2 N–H and O–H groups in total. The fourth-order valence-corrected chi connectivity index (χ4v) is 7.06. The Labute approximate surface area is 144 Å². The van der Waals surface area contributed by atoms with Gasteiger partial charge in [0.25, 0.3) is 0 Å². The molecule has 0 heterocycles. The maximum absolute atomic E-state index is 11.8. The predicted octanol–water partition coefficient (Wildman–Crippen LogP) is 3.26. The molecule has 3 saturated carbocycles. The smallest absolute Gasteiger partial charge is 0.178 e. The summed E-state index contributed by atoms with van der Waals surface area (Å²) in [5.74, 6) is 2.04. The fourth-order valence-electron chi connectivity index (χ4n) is 7.06. The minimum Gasteiger partial charge on any atom is -0.396 e. The van der Waals surface area contributed by atoms with Crippen LogP contribution in [0.4, 0.5) is 0 Å². The van der Waals surface area contributed by atoms with Crippen molar-refractivity contribution < 1.29 is 15.0 Å². The number of fused-ring (bicyclic) bond motifs is 5. The third-order valence-corrected chi connectivity index (χ3v) is 8.17. The van der Waals surface area contributed by atoms with Crippen LogP contribution in [-0.2, 0) is 4.79 Å². The molecule has 0 radical (unpaired) electrons. The van der Waals surface area contributed by atoms with Gasteiger partial charge in [-0.1, -0.05) is 25.5 Å². The highest BCUT2D eigenvalue weighted by Gasteiger charge is 2.61. The number of rotatable bonds is 2. The van der Waals surface area contributed by atoms with E-state index in [1.54, 1.807) is 6.08 Å². The Morgan fingerprint density at radius 1 is 1.25 bits per heavy atom. The lowest BCUT2D eigenvalue weighted by Crippen LogP contribution is -2.55. The monoisotopic (exact) mass is 330 g/mol. The zero-order valence-electron chi connectivity index (χ0n) is 14.9. The molecule has 2 unspecified atom stereocenters. The Kier molecular flexibility index (Phi) is 3.81. The van der Waals surface area contributed by atoms with Crippen molar-refractivity contribution >= 4 is 5.78 Å². The Balaban J connectivity index is 1.70. The quantitative estimate of drug-likeness (QED) is 0.817. The molecule has 0 amide bonds. The standard InChI is InChI=1S/C21H30O3/c1-20-9-7-15(23)11-14(20)3-5-16-17-6-4-13(8-10-22)21(17,2)12-18(24)19(16)20/h7,9,11,13,16-19,22,24H,3-6,8,10,12H2,1-2H3/t13-,16+,17?,18+,19?,20+,21-/m1/s1. The van der Waals surface area contributed by atoms with Gasteiger partial charge in [0, 0.05) is 17.9 Å². The van der Waals surface area contributed by atoms with E-state index in [4.69, 9.17) is 0 Å². The second-order valence-corrected chi connectivity index (χ2v) is 9.09. The maximum atomic E-state index is 11.8. The maximum Gasteiger partial charge on any atom is 0.178 e. The van der Waals surface area contributed by atoms with Gasteiger partial charge in [0.1, 0.15) is 0 Å². The summed E-state index contributed by atoms with van der Waals surface area (Å²) in [6, 6.07) is 0. The number of allylic oxidation sites excluding steroid dienone is 4. The number of carbonyl (C=O) groups is 1. The van der Waals surface area contributed by atoms with E-state index in [0.717, 1.165) is 25.7 Å². The number of ketones is 1. The first-order valence-electron chi connectivity index (χ1n) is 9.63. The van der Waals surface area contributed by atoms with Crippen LogP contribution in [0.2, 0.25) is 0 Å². The summed E-state index contributed by atoms with van der Waals surface area (Å²) in [7, 11) is 0. The summed E-state index contributed by atoms with van der Waals surface area (Å²) in [6.45, 7) is 4.84. The molecule has 4 rings (SSSR count). The average Bonchev–Trinajstić information content (AvgIpc) is 2.84. The normalized spacial score (nSPS) is 50.1. The van der Waals surface area contributed by atoms with Gasteiger partial charge in [0.15, 0.2) is 5.78 Å². The van der Waals surface area contributed by atoms with Crippen LogP contribution in [0, 0.1) is 34.5 Å². The highest BCUT2D eigenvalue weighted by atomic mass is 16.3. The topological polar surface area (TPSA) is 57.5 Å². The van der Waals surface area contributed by atoms with Crippen molar-refractivity contribution in [2.24, 2.45) is 34.5 Å². The second kappa shape index (κ2) is 5.54. The van der Waals surface area contributed by atoms with Gasteiger partial charge in [-0.2, -0.15) is 0 Å². The molecule has 0 aromatic carbocycles.